The fourth-order valence-corrected chi connectivity index (χ4v) is 2.28. The van der Waals surface area contributed by atoms with Crippen LogP contribution < -0.4 is 0 Å². The summed E-state index contributed by atoms with van der Waals surface area (Å²) in [5, 5.41) is 2.21. The van der Waals surface area contributed by atoms with Gasteiger partial charge in [-0.15, -0.1) is 0 Å². The molecule has 104 valence electrons. The van der Waals surface area contributed by atoms with E-state index in [4.69, 9.17) is 4.74 Å². The summed E-state index contributed by atoms with van der Waals surface area (Å²) in [6, 6.07) is 23.6. The van der Waals surface area contributed by atoms with Crippen LogP contribution in [0, 0.1) is 0 Å². The quantitative estimate of drug-likeness (QED) is 0.651. The number of ether oxygens (including phenoxy) is 1. The van der Waals surface area contributed by atoms with Crippen LogP contribution in [-0.2, 0) is 11.3 Å². The lowest BCUT2D eigenvalue weighted by atomic mass is 10.0. The topological polar surface area (TPSA) is 26.3 Å². The van der Waals surface area contributed by atoms with E-state index in [-0.39, 0.29) is 12.4 Å². The molecule has 0 aromatic heterocycles. The molecule has 0 bridgehead atoms. The van der Waals surface area contributed by atoms with Crippen molar-refractivity contribution < 1.29 is 9.53 Å². The molecule has 3 aromatic rings. The van der Waals surface area contributed by atoms with Gasteiger partial charge in [0.2, 0.25) is 0 Å². The molecule has 0 heterocycles. The molecule has 0 aliphatic heterocycles. The minimum Gasteiger partial charge on any atom is -0.369 e. The molecule has 0 aliphatic carbocycles. The number of benzene rings is 3. The number of Topliss-reactive ketones (excluding diaryl/α,β-unsaturated/α-hetero) is 1. The highest BCUT2D eigenvalue weighted by Crippen LogP contribution is 2.16. The van der Waals surface area contributed by atoms with Crippen LogP contribution in [0.4, 0.5) is 0 Å². The van der Waals surface area contributed by atoms with Crippen molar-refractivity contribution in [2.24, 2.45) is 0 Å². The molecule has 2 nitrogen and oxygen atoms in total. The molecule has 0 fully saturated rings. The molecule has 21 heavy (non-hydrogen) atoms. The van der Waals surface area contributed by atoms with E-state index in [1.165, 1.54) is 0 Å². The molecule has 0 aliphatic rings. The van der Waals surface area contributed by atoms with Gasteiger partial charge in [0, 0.05) is 5.56 Å². The minimum absolute atomic E-state index is 0.0108. The van der Waals surface area contributed by atoms with Crippen molar-refractivity contribution in [3.8, 4) is 0 Å². The maximum atomic E-state index is 12.2. The summed E-state index contributed by atoms with van der Waals surface area (Å²) in [5.41, 5.74) is 1.77. The molecule has 2 heteroatoms. The van der Waals surface area contributed by atoms with Gasteiger partial charge >= 0.3 is 0 Å². The van der Waals surface area contributed by atoms with Crippen LogP contribution >= 0.6 is 0 Å². The van der Waals surface area contributed by atoms with E-state index in [1.807, 2.05) is 72.8 Å². The van der Waals surface area contributed by atoms with E-state index in [9.17, 15) is 4.79 Å². The van der Waals surface area contributed by atoms with Crippen LogP contribution in [0.3, 0.4) is 0 Å². The van der Waals surface area contributed by atoms with Crippen LogP contribution in [0.1, 0.15) is 15.9 Å². The first-order valence-electron chi connectivity index (χ1n) is 6.96. The SMILES string of the molecule is O=C(COCc1ccccc1)c1ccc2ccccc2c1. The Hall–Kier alpha value is -2.45. The third kappa shape index (κ3) is 3.36. The van der Waals surface area contributed by atoms with Crippen LogP contribution in [0.15, 0.2) is 72.8 Å². The zero-order chi connectivity index (χ0) is 14.5. The molecular formula is C19H16O2. The van der Waals surface area contributed by atoms with Crippen molar-refractivity contribution in [1.82, 2.24) is 0 Å². The summed E-state index contributed by atoms with van der Waals surface area (Å²) < 4.78 is 5.50. The van der Waals surface area contributed by atoms with Gasteiger partial charge in [-0.05, 0) is 22.4 Å². The average Bonchev–Trinajstić information content (AvgIpc) is 2.55. The lowest BCUT2D eigenvalue weighted by Gasteiger charge is -2.05. The van der Waals surface area contributed by atoms with Gasteiger partial charge < -0.3 is 4.74 Å². The Labute approximate surface area is 124 Å². The number of ketones is 1. The number of fused-ring (bicyclic) bond motifs is 1. The number of hydrogen-bond acceptors (Lipinski definition) is 2. The maximum Gasteiger partial charge on any atom is 0.188 e. The van der Waals surface area contributed by atoms with Crippen molar-refractivity contribution in [2.75, 3.05) is 6.61 Å². The lowest BCUT2D eigenvalue weighted by Crippen LogP contribution is -2.09. The van der Waals surface area contributed by atoms with Crippen molar-refractivity contribution in [2.45, 2.75) is 6.61 Å². The van der Waals surface area contributed by atoms with Gasteiger partial charge in [-0.2, -0.15) is 0 Å². The Morgan fingerprint density at radius 1 is 0.810 bits per heavy atom. The second-order valence-electron chi connectivity index (χ2n) is 4.96. The highest BCUT2D eigenvalue weighted by Gasteiger charge is 2.07. The minimum atomic E-state index is 0.0108. The molecular weight excluding hydrogens is 260 g/mol. The Morgan fingerprint density at radius 3 is 2.33 bits per heavy atom. The first kappa shape index (κ1) is 13.5. The van der Waals surface area contributed by atoms with Gasteiger partial charge in [0.25, 0.3) is 0 Å². The Morgan fingerprint density at radius 2 is 1.52 bits per heavy atom. The second-order valence-corrected chi connectivity index (χ2v) is 4.96. The molecule has 0 saturated carbocycles. The van der Waals surface area contributed by atoms with Gasteiger partial charge in [-0.3, -0.25) is 4.79 Å². The van der Waals surface area contributed by atoms with E-state index >= 15 is 0 Å². The number of carbonyl (C=O) groups excluding carboxylic acids is 1. The summed E-state index contributed by atoms with van der Waals surface area (Å²) in [5.74, 6) is 0.0108. The van der Waals surface area contributed by atoms with Crippen LogP contribution in [0.5, 0.6) is 0 Å². The van der Waals surface area contributed by atoms with Crippen molar-refractivity contribution in [1.29, 1.82) is 0 Å². The zero-order valence-electron chi connectivity index (χ0n) is 11.7. The fourth-order valence-electron chi connectivity index (χ4n) is 2.28. The Kier molecular flexibility index (Phi) is 4.08. The Bertz CT molecular complexity index is 748. The van der Waals surface area contributed by atoms with Gasteiger partial charge in [0.15, 0.2) is 5.78 Å². The summed E-state index contributed by atoms with van der Waals surface area (Å²) in [4.78, 5) is 12.2. The number of hydrogen-bond donors (Lipinski definition) is 0. The summed E-state index contributed by atoms with van der Waals surface area (Å²) in [6.45, 7) is 0.563. The normalized spacial score (nSPS) is 10.7. The predicted octanol–water partition coefficient (Wildman–Crippen LogP) is 4.24. The van der Waals surface area contributed by atoms with Gasteiger partial charge in [0.1, 0.15) is 6.61 Å². The Balaban J connectivity index is 1.64. The monoisotopic (exact) mass is 276 g/mol. The zero-order valence-corrected chi connectivity index (χ0v) is 11.7. The summed E-state index contributed by atoms with van der Waals surface area (Å²) >= 11 is 0. The second kappa shape index (κ2) is 6.33. The predicted molar refractivity (Wildman–Crippen MR) is 84.4 cm³/mol. The first-order valence-corrected chi connectivity index (χ1v) is 6.96. The molecule has 0 saturated heterocycles. The lowest BCUT2D eigenvalue weighted by molar-refractivity contribution is 0.0727. The smallest absolute Gasteiger partial charge is 0.188 e. The van der Waals surface area contributed by atoms with Crippen LogP contribution in [0.25, 0.3) is 10.8 Å². The van der Waals surface area contributed by atoms with Crippen molar-refractivity contribution >= 4 is 16.6 Å². The number of rotatable bonds is 5. The van der Waals surface area contributed by atoms with Crippen LogP contribution in [-0.4, -0.2) is 12.4 Å². The maximum absolute atomic E-state index is 12.2. The van der Waals surface area contributed by atoms with Crippen molar-refractivity contribution in [3.05, 3.63) is 83.9 Å². The molecule has 0 unspecified atom stereocenters. The number of carbonyl (C=O) groups is 1. The first-order chi connectivity index (χ1) is 10.3. The van der Waals surface area contributed by atoms with Crippen LogP contribution in [0.2, 0.25) is 0 Å². The van der Waals surface area contributed by atoms with Crippen molar-refractivity contribution in [3.63, 3.8) is 0 Å². The third-order valence-corrected chi connectivity index (χ3v) is 3.42. The molecule has 0 atom stereocenters. The molecule has 0 spiro atoms. The van der Waals surface area contributed by atoms with E-state index in [0.29, 0.717) is 12.2 Å². The van der Waals surface area contributed by atoms with Gasteiger partial charge in [0.05, 0.1) is 6.61 Å². The molecule has 0 N–H and O–H groups in total. The third-order valence-electron chi connectivity index (χ3n) is 3.42. The fraction of sp³-hybridized carbons (Fsp3) is 0.105. The summed E-state index contributed by atoms with van der Waals surface area (Å²) in [6.07, 6.45) is 0. The largest absolute Gasteiger partial charge is 0.369 e. The van der Waals surface area contributed by atoms with E-state index in [1.54, 1.807) is 0 Å². The van der Waals surface area contributed by atoms with Gasteiger partial charge in [-0.25, -0.2) is 0 Å². The average molecular weight is 276 g/mol. The molecule has 0 radical (unpaired) electrons. The highest BCUT2D eigenvalue weighted by molar-refractivity contribution is 6.00. The van der Waals surface area contributed by atoms with Gasteiger partial charge in [-0.1, -0.05) is 66.7 Å². The van der Waals surface area contributed by atoms with E-state index < -0.39 is 0 Å². The summed E-state index contributed by atoms with van der Waals surface area (Å²) in [7, 11) is 0. The standard InChI is InChI=1S/C19H16O2/c20-19(14-21-13-15-6-2-1-3-7-15)18-11-10-16-8-4-5-9-17(16)12-18/h1-12H,13-14H2. The van der Waals surface area contributed by atoms with E-state index in [2.05, 4.69) is 0 Å². The van der Waals surface area contributed by atoms with E-state index in [0.717, 1.165) is 16.3 Å². The molecule has 3 rings (SSSR count). The molecule has 3 aromatic carbocycles. The highest BCUT2D eigenvalue weighted by atomic mass is 16.5. The molecule has 0 amide bonds.